The molecule has 1 amide bonds. The average molecular weight is 239 g/mol. The summed E-state index contributed by atoms with van der Waals surface area (Å²) in [5, 5.41) is 27.0. The van der Waals surface area contributed by atoms with Gasteiger partial charge in [0, 0.05) is 24.2 Å². The fraction of sp³-hybridized carbons (Fsp3) is 0.273. The first-order valence-electron chi connectivity index (χ1n) is 4.88. The van der Waals surface area contributed by atoms with Gasteiger partial charge in [-0.05, 0) is 6.07 Å². The molecule has 0 saturated heterocycles. The Morgan fingerprint density at radius 2 is 2.00 bits per heavy atom. The zero-order chi connectivity index (χ0) is 13.0. The van der Waals surface area contributed by atoms with E-state index in [2.05, 4.69) is 0 Å². The van der Waals surface area contributed by atoms with Crippen molar-refractivity contribution in [1.82, 2.24) is 0 Å². The van der Waals surface area contributed by atoms with Gasteiger partial charge in [0.25, 0.3) is 0 Å². The summed E-state index contributed by atoms with van der Waals surface area (Å²) in [6, 6.07) is 4.15. The smallest absolute Gasteiger partial charge is 0.323 e. The van der Waals surface area contributed by atoms with E-state index in [0.29, 0.717) is 5.56 Å². The Morgan fingerprint density at radius 3 is 2.41 bits per heavy atom. The van der Waals surface area contributed by atoms with E-state index in [-0.39, 0.29) is 18.0 Å². The van der Waals surface area contributed by atoms with Gasteiger partial charge >= 0.3 is 5.97 Å². The summed E-state index contributed by atoms with van der Waals surface area (Å²) in [7, 11) is 0. The van der Waals surface area contributed by atoms with Crippen LogP contribution in [0, 0.1) is 0 Å². The number of aliphatic hydroxyl groups is 1. The van der Waals surface area contributed by atoms with Gasteiger partial charge in [0.1, 0.15) is 12.3 Å². The lowest BCUT2D eigenvalue weighted by atomic mass is 10.1. The Bertz CT molecular complexity index is 443. The number of carbonyl (C=O) groups is 2. The Balaban J connectivity index is 3.06. The van der Waals surface area contributed by atoms with Crippen LogP contribution in [0.2, 0.25) is 0 Å². The molecule has 0 spiro atoms. The molecule has 3 N–H and O–H groups in total. The number of benzene rings is 1. The van der Waals surface area contributed by atoms with Crippen molar-refractivity contribution in [2.24, 2.45) is 0 Å². The number of hydrogen-bond acceptors (Lipinski definition) is 4. The van der Waals surface area contributed by atoms with E-state index in [1.807, 2.05) is 0 Å². The maximum Gasteiger partial charge on any atom is 0.323 e. The van der Waals surface area contributed by atoms with Crippen molar-refractivity contribution in [2.75, 3.05) is 11.4 Å². The minimum Gasteiger partial charge on any atom is -0.508 e. The molecule has 17 heavy (non-hydrogen) atoms. The molecule has 0 unspecified atom stereocenters. The van der Waals surface area contributed by atoms with Crippen LogP contribution < -0.4 is 4.90 Å². The fourth-order valence-corrected chi connectivity index (χ4v) is 1.37. The highest BCUT2D eigenvalue weighted by Gasteiger charge is 2.16. The van der Waals surface area contributed by atoms with Gasteiger partial charge in [-0.3, -0.25) is 9.59 Å². The topological polar surface area (TPSA) is 98.1 Å². The maximum atomic E-state index is 11.3. The summed E-state index contributed by atoms with van der Waals surface area (Å²) in [5.74, 6) is -1.77. The second kappa shape index (κ2) is 5.31. The first kappa shape index (κ1) is 13.0. The van der Waals surface area contributed by atoms with Crippen molar-refractivity contribution in [1.29, 1.82) is 0 Å². The monoisotopic (exact) mass is 239 g/mol. The number of phenols is 1. The fourth-order valence-electron chi connectivity index (χ4n) is 1.37. The molecule has 6 nitrogen and oxygen atoms in total. The number of nitrogens with zero attached hydrogens (tertiary/aromatic N) is 1. The first-order chi connectivity index (χ1) is 7.95. The molecular formula is C11H13NO5. The number of carboxylic acid groups (broad SMARTS) is 1. The Morgan fingerprint density at radius 1 is 1.35 bits per heavy atom. The van der Waals surface area contributed by atoms with Crippen molar-refractivity contribution >= 4 is 17.6 Å². The highest BCUT2D eigenvalue weighted by Crippen LogP contribution is 2.24. The predicted molar refractivity (Wildman–Crippen MR) is 59.7 cm³/mol. The van der Waals surface area contributed by atoms with Gasteiger partial charge in [0.05, 0.1) is 6.61 Å². The molecule has 0 aliphatic rings. The molecule has 0 radical (unpaired) electrons. The van der Waals surface area contributed by atoms with Crippen molar-refractivity contribution in [3.63, 3.8) is 0 Å². The number of carbonyl (C=O) groups excluding carboxylic acids is 1. The number of aliphatic carboxylic acids is 1. The van der Waals surface area contributed by atoms with E-state index in [0.717, 1.165) is 4.90 Å². The zero-order valence-corrected chi connectivity index (χ0v) is 9.25. The minimum atomic E-state index is -1.15. The number of rotatable bonds is 4. The molecule has 0 fully saturated rings. The maximum absolute atomic E-state index is 11.3. The Kier molecular flexibility index (Phi) is 4.06. The van der Waals surface area contributed by atoms with Crippen LogP contribution in [-0.4, -0.2) is 33.7 Å². The number of carboxylic acids is 1. The molecule has 1 aromatic carbocycles. The number of anilines is 1. The number of amides is 1. The van der Waals surface area contributed by atoms with Gasteiger partial charge in [0.15, 0.2) is 0 Å². The van der Waals surface area contributed by atoms with Crippen LogP contribution >= 0.6 is 0 Å². The number of aliphatic hydroxyl groups excluding tert-OH is 1. The summed E-state index contributed by atoms with van der Waals surface area (Å²) in [5.41, 5.74) is 0.585. The molecule has 0 aromatic heterocycles. The highest BCUT2D eigenvalue weighted by atomic mass is 16.4. The highest BCUT2D eigenvalue weighted by molar-refractivity contribution is 5.96. The van der Waals surface area contributed by atoms with Gasteiger partial charge < -0.3 is 20.2 Å². The van der Waals surface area contributed by atoms with E-state index in [1.54, 1.807) is 0 Å². The molecular weight excluding hydrogens is 226 g/mol. The lowest BCUT2D eigenvalue weighted by molar-refractivity contribution is -0.136. The van der Waals surface area contributed by atoms with Crippen molar-refractivity contribution < 1.29 is 24.9 Å². The Labute approximate surface area is 97.7 Å². The van der Waals surface area contributed by atoms with Crippen molar-refractivity contribution in [3.8, 4) is 5.75 Å². The summed E-state index contributed by atoms with van der Waals surface area (Å²) in [4.78, 5) is 22.9. The van der Waals surface area contributed by atoms with Gasteiger partial charge in [-0.1, -0.05) is 6.07 Å². The van der Waals surface area contributed by atoms with Crippen LogP contribution in [0.15, 0.2) is 18.2 Å². The molecule has 1 rings (SSSR count). The number of aromatic hydroxyl groups is 1. The second-order valence-electron chi connectivity index (χ2n) is 3.47. The van der Waals surface area contributed by atoms with E-state index in [4.69, 9.17) is 10.2 Å². The third-order valence-corrected chi connectivity index (χ3v) is 2.22. The third kappa shape index (κ3) is 3.18. The molecule has 6 heteroatoms. The standard InChI is InChI=1S/C11H13NO5/c1-7(14)12(5-11(16)17)9-3-2-8(6-13)10(15)4-9/h2-4,13,15H,5-6H2,1H3,(H,16,17). The second-order valence-corrected chi connectivity index (χ2v) is 3.47. The van der Waals surface area contributed by atoms with Gasteiger partial charge in [-0.25, -0.2) is 0 Å². The summed E-state index contributed by atoms with van der Waals surface area (Å²) >= 11 is 0. The third-order valence-electron chi connectivity index (χ3n) is 2.22. The lowest BCUT2D eigenvalue weighted by Gasteiger charge is -2.19. The molecule has 0 atom stereocenters. The Hall–Kier alpha value is -2.08. The largest absolute Gasteiger partial charge is 0.508 e. The van der Waals surface area contributed by atoms with Crippen molar-refractivity contribution in [3.05, 3.63) is 23.8 Å². The van der Waals surface area contributed by atoms with E-state index in [9.17, 15) is 14.7 Å². The molecule has 1 aromatic rings. The van der Waals surface area contributed by atoms with E-state index >= 15 is 0 Å². The van der Waals surface area contributed by atoms with Gasteiger partial charge in [-0.15, -0.1) is 0 Å². The van der Waals surface area contributed by atoms with Crippen LogP contribution in [-0.2, 0) is 16.2 Å². The molecule has 0 aliphatic carbocycles. The normalized spacial score (nSPS) is 10.0. The van der Waals surface area contributed by atoms with Gasteiger partial charge in [0.2, 0.25) is 5.91 Å². The molecule has 0 saturated carbocycles. The van der Waals surface area contributed by atoms with Crippen molar-refractivity contribution in [2.45, 2.75) is 13.5 Å². The van der Waals surface area contributed by atoms with E-state index in [1.165, 1.54) is 25.1 Å². The summed E-state index contributed by atoms with van der Waals surface area (Å²) in [6.07, 6.45) is 0. The average Bonchev–Trinajstić information content (AvgIpc) is 2.25. The van der Waals surface area contributed by atoms with Crippen LogP contribution in [0.25, 0.3) is 0 Å². The van der Waals surface area contributed by atoms with Crippen LogP contribution in [0.1, 0.15) is 12.5 Å². The zero-order valence-electron chi connectivity index (χ0n) is 9.25. The lowest BCUT2D eigenvalue weighted by Crippen LogP contribution is -2.33. The summed E-state index contributed by atoms with van der Waals surface area (Å²) < 4.78 is 0. The molecule has 0 bridgehead atoms. The van der Waals surface area contributed by atoms with E-state index < -0.39 is 18.4 Å². The minimum absolute atomic E-state index is 0.179. The predicted octanol–water partition coefficient (Wildman–Crippen LogP) is 0.322. The molecule has 0 heterocycles. The SMILES string of the molecule is CC(=O)N(CC(=O)O)c1ccc(CO)c(O)c1. The first-order valence-corrected chi connectivity index (χ1v) is 4.88. The van der Waals surface area contributed by atoms with Crippen LogP contribution in [0.4, 0.5) is 5.69 Å². The summed E-state index contributed by atoms with van der Waals surface area (Å²) in [6.45, 7) is 0.429. The molecule has 92 valence electrons. The van der Waals surface area contributed by atoms with Crippen LogP contribution in [0.3, 0.4) is 0 Å². The molecule has 0 aliphatic heterocycles. The quantitative estimate of drug-likeness (QED) is 0.703. The number of hydrogen-bond donors (Lipinski definition) is 3. The van der Waals surface area contributed by atoms with Crippen LogP contribution in [0.5, 0.6) is 5.75 Å². The van der Waals surface area contributed by atoms with Gasteiger partial charge in [-0.2, -0.15) is 0 Å².